The quantitative estimate of drug-likeness (QED) is 0.839. The third-order valence-corrected chi connectivity index (χ3v) is 2.77. The molecule has 1 saturated heterocycles. The van der Waals surface area contributed by atoms with Crippen LogP contribution in [0, 0.1) is 6.92 Å². The Labute approximate surface area is 124 Å². The van der Waals surface area contributed by atoms with Crippen LogP contribution in [-0.2, 0) is 4.74 Å². The Morgan fingerprint density at radius 2 is 1.75 bits per heavy atom. The fraction of sp³-hybridized carbons (Fsp3) is 0.647. The smallest absolute Gasteiger partial charge is 0.119 e. The van der Waals surface area contributed by atoms with Gasteiger partial charge in [0.1, 0.15) is 12.4 Å². The zero-order valence-electron chi connectivity index (χ0n) is 13.8. The molecule has 1 aromatic rings. The molecular formula is C17H31NO2. The molecule has 1 heterocycles. The number of hydrogen-bond donors (Lipinski definition) is 0. The van der Waals surface area contributed by atoms with Crippen molar-refractivity contribution in [3.8, 4) is 5.75 Å². The van der Waals surface area contributed by atoms with E-state index < -0.39 is 0 Å². The van der Waals surface area contributed by atoms with Gasteiger partial charge in [-0.05, 0) is 24.6 Å². The number of benzene rings is 1. The second kappa shape index (κ2) is 12.9. The van der Waals surface area contributed by atoms with E-state index in [1.54, 1.807) is 0 Å². The minimum Gasteiger partial charge on any atom is -0.492 e. The van der Waals surface area contributed by atoms with Crippen molar-refractivity contribution >= 4 is 0 Å². The summed E-state index contributed by atoms with van der Waals surface area (Å²) in [7, 11) is 0. The SMILES string of the molecule is CC.CC.Cc1cccc(OCCN2CCOCC2)c1. The minimum absolute atomic E-state index is 0.753. The van der Waals surface area contributed by atoms with Gasteiger partial charge in [-0.2, -0.15) is 0 Å². The van der Waals surface area contributed by atoms with E-state index >= 15 is 0 Å². The van der Waals surface area contributed by atoms with Gasteiger partial charge in [-0.25, -0.2) is 0 Å². The maximum atomic E-state index is 5.71. The highest BCUT2D eigenvalue weighted by Gasteiger charge is 2.09. The molecule has 1 aliphatic heterocycles. The van der Waals surface area contributed by atoms with Crippen molar-refractivity contribution in [1.82, 2.24) is 4.90 Å². The van der Waals surface area contributed by atoms with Gasteiger partial charge in [0.2, 0.25) is 0 Å². The van der Waals surface area contributed by atoms with Gasteiger partial charge in [-0.15, -0.1) is 0 Å². The third kappa shape index (κ3) is 8.18. The Bertz CT molecular complexity index is 323. The van der Waals surface area contributed by atoms with E-state index in [1.807, 2.05) is 39.8 Å². The molecule has 116 valence electrons. The first-order valence-corrected chi connectivity index (χ1v) is 7.84. The van der Waals surface area contributed by atoms with Crippen molar-refractivity contribution in [1.29, 1.82) is 0 Å². The summed E-state index contributed by atoms with van der Waals surface area (Å²) in [5.74, 6) is 0.966. The Hall–Kier alpha value is -1.06. The van der Waals surface area contributed by atoms with E-state index in [1.165, 1.54) is 5.56 Å². The summed E-state index contributed by atoms with van der Waals surface area (Å²) in [5, 5.41) is 0. The molecule has 1 aromatic carbocycles. The van der Waals surface area contributed by atoms with Crippen LogP contribution >= 0.6 is 0 Å². The van der Waals surface area contributed by atoms with Gasteiger partial charge in [0.25, 0.3) is 0 Å². The molecule has 0 N–H and O–H groups in total. The zero-order valence-corrected chi connectivity index (χ0v) is 13.8. The zero-order chi connectivity index (χ0) is 15.2. The number of rotatable bonds is 4. The van der Waals surface area contributed by atoms with Crippen molar-refractivity contribution in [2.24, 2.45) is 0 Å². The average molecular weight is 281 g/mol. The molecule has 20 heavy (non-hydrogen) atoms. The van der Waals surface area contributed by atoms with Crippen LogP contribution < -0.4 is 4.74 Å². The highest BCUT2D eigenvalue weighted by atomic mass is 16.5. The first-order valence-electron chi connectivity index (χ1n) is 7.84. The molecule has 1 fully saturated rings. The lowest BCUT2D eigenvalue weighted by Gasteiger charge is -2.26. The molecule has 0 amide bonds. The number of aryl methyl sites for hydroxylation is 1. The molecule has 0 bridgehead atoms. The van der Waals surface area contributed by atoms with Crippen LogP contribution in [0.2, 0.25) is 0 Å². The normalized spacial score (nSPS) is 14.4. The second-order valence-corrected chi connectivity index (χ2v) is 4.12. The third-order valence-electron chi connectivity index (χ3n) is 2.77. The van der Waals surface area contributed by atoms with E-state index in [0.717, 1.165) is 45.2 Å². The van der Waals surface area contributed by atoms with Crippen LogP contribution in [0.15, 0.2) is 24.3 Å². The van der Waals surface area contributed by atoms with Crippen molar-refractivity contribution in [3.63, 3.8) is 0 Å². The van der Waals surface area contributed by atoms with Crippen LogP contribution in [0.25, 0.3) is 0 Å². The first kappa shape index (κ1) is 18.9. The summed E-state index contributed by atoms with van der Waals surface area (Å²) in [5.41, 5.74) is 1.24. The highest BCUT2D eigenvalue weighted by molar-refractivity contribution is 5.27. The van der Waals surface area contributed by atoms with Crippen LogP contribution in [-0.4, -0.2) is 44.4 Å². The van der Waals surface area contributed by atoms with Crippen molar-refractivity contribution in [3.05, 3.63) is 29.8 Å². The summed E-state index contributed by atoms with van der Waals surface area (Å²) in [4.78, 5) is 2.37. The number of hydrogen-bond acceptors (Lipinski definition) is 3. The molecule has 3 nitrogen and oxygen atoms in total. The van der Waals surface area contributed by atoms with Gasteiger partial charge in [-0.3, -0.25) is 4.90 Å². The molecule has 0 spiro atoms. The maximum absolute atomic E-state index is 5.71. The predicted octanol–water partition coefficient (Wildman–Crippen LogP) is 3.76. The Kier molecular flexibility index (Phi) is 12.3. The van der Waals surface area contributed by atoms with E-state index in [2.05, 4.69) is 24.0 Å². The van der Waals surface area contributed by atoms with E-state index in [0.29, 0.717) is 0 Å². The Morgan fingerprint density at radius 3 is 2.35 bits per heavy atom. The van der Waals surface area contributed by atoms with Crippen LogP contribution in [0.1, 0.15) is 33.3 Å². The lowest BCUT2D eigenvalue weighted by atomic mass is 10.2. The predicted molar refractivity (Wildman–Crippen MR) is 86.6 cm³/mol. The molecular weight excluding hydrogens is 250 g/mol. The number of nitrogens with zero attached hydrogens (tertiary/aromatic N) is 1. The largest absolute Gasteiger partial charge is 0.492 e. The lowest BCUT2D eigenvalue weighted by Crippen LogP contribution is -2.38. The van der Waals surface area contributed by atoms with E-state index in [4.69, 9.17) is 9.47 Å². The number of morpholine rings is 1. The molecule has 0 radical (unpaired) electrons. The summed E-state index contributed by atoms with van der Waals surface area (Å²) in [6, 6.07) is 8.18. The first-order chi connectivity index (χ1) is 9.84. The van der Waals surface area contributed by atoms with E-state index in [9.17, 15) is 0 Å². The van der Waals surface area contributed by atoms with Gasteiger partial charge in [-0.1, -0.05) is 39.8 Å². The van der Waals surface area contributed by atoms with E-state index in [-0.39, 0.29) is 0 Å². The van der Waals surface area contributed by atoms with Crippen LogP contribution in [0.5, 0.6) is 5.75 Å². The average Bonchev–Trinajstić information content (AvgIpc) is 2.52. The molecule has 3 heteroatoms. The number of ether oxygens (including phenoxy) is 2. The fourth-order valence-electron chi connectivity index (χ4n) is 1.82. The van der Waals surface area contributed by atoms with Crippen LogP contribution in [0.3, 0.4) is 0 Å². The maximum Gasteiger partial charge on any atom is 0.119 e. The summed E-state index contributed by atoms with van der Waals surface area (Å²) in [6.45, 7) is 15.6. The topological polar surface area (TPSA) is 21.7 Å². The summed E-state index contributed by atoms with van der Waals surface area (Å²) >= 11 is 0. The molecule has 0 aliphatic carbocycles. The second-order valence-electron chi connectivity index (χ2n) is 4.12. The van der Waals surface area contributed by atoms with Crippen LogP contribution in [0.4, 0.5) is 0 Å². The molecule has 0 aromatic heterocycles. The van der Waals surface area contributed by atoms with Gasteiger partial charge in [0.15, 0.2) is 0 Å². The Balaban J connectivity index is 0.000000829. The fourth-order valence-corrected chi connectivity index (χ4v) is 1.82. The monoisotopic (exact) mass is 281 g/mol. The summed E-state index contributed by atoms with van der Waals surface area (Å²) < 4.78 is 11.0. The molecule has 0 unspecified atom stereocenters. The van der Waals surface area contributed by atoms with Crippen molar-refractivity contribution < 1.29 is 9.47 Å². The standard InChI is InChI=1S/C13H19NO2.2C2H6/c1-12-3-2-4-13(11-12)16-10-7-14-5-8-15-9-6-14;2*1-2/h2-4,11H,5-10H2,1H3;2*1-2H3. The minimum atomic E-state index is 0.753. The van der Waals surface area contributed by atoms with Gasteiger partial charge in [0, 0.05) is 19.6 Å². The lowest BCUT2D eigenvalue weighted by molar-refractivity contribution is 0.0322. The van der Waals surface area contributed by atoms with Gasteiger partial charge < -0.3 is 9.47 Å². The van der Waals surface area contributed by atoms with Gasteiger partial charge in [0.05, 0.1) is 13.2 Å². The molecule has 1 aliphatic rings. The molecule has 2 rings (SSSR count). The van der Waals surface area contributed by atoms with Crippen molar-refractivity contribution in [2.75, 3.05) is 39.5 Å². The van der Waals surface area contributed by atoms with Gasteiger partial charge >= 0.3 is 0 Å². The van der Waals surface area contributed by atoms with Crippen molar-refractivity contribution in [2.45, 2.75) is 34.6 Å². The summed E-state index contributed by atoms with van der Waals surface area (Å²) in [6.07, 6.45) is 0. The Morgan fingerprint density at radius 1 is 1.10 bits per heavy atom. The molecule has 0 atom stereocenters. The molecule has 0 saturated carbocycles. The highest BCUT2D eigenvalue weighted by Crippen LogP contribution is 2.12.